The summed E-state index contributed by atoms with van der Waals surface area (Å²) < 4.78 is 5.52. The van der Waals surface area contributed by atoms with Crippen molar-refractivity contribution in [2.75, 3.05) is 26.2 Å². The molecule has 0 aliphatic carbocycles. The van der Waals surface area contributed by atoms with Gasteiger partial charge in [0.15, 0.2) is 5.60 Å². The minimum absolute atomic E-state index is 0.0364. The largest absolute Gasteiger partial charge is 0.386 e. The second-order valence-electron chi connectivity index (χ2n) is 7.24. The molecule has 1 N–H and O–H groups in total. The Kier molecular flexibility index (Phi) is 4.71. The van der Waals surface area contributed by atoms with E-state index in [-0.39, 0.29) is 17.9 Å². The van der Waals surface area contributed by atoms with Gasteiger partial charge in [-0.2, -0.15) is 0 Å². The summed E-state index contributed by atoms with van der Waals surface area (Å²) in [6.45, 7) is 4.31. The summed E-state index contributed by atoms with van der Waals surface area (Å²) in [6, 6.07) is 1.95. The molecule has 0 unspecified atom stereocenters. The molecule has 4 heterocycles. The summed E-state index contributed by atoms with van der Waals surface area (Å²) in [5.41, 5.74) is 0.848. The third kappa shape index (κ3) is 3.35. The number of ether oxygens (including phenoxy) is 1. The number of carbonyl (C=O) groups is 2. The summed E-state index contributed by atoms with van der Waals surface area (Å²) in [5, 5.41) is 8.83. The molecule has 3 aliphatic rings. The van der Waals surface area contributed by atoms with Crippen molar-refractivity contribution in [1.82, 2.24) is 10.2 Å². The molecule has 0 saturated carbocycles. The Balaban J connectivity index is 1.32. The first kappa shape index (κ1) is 17.5. The maximum Gasteiger partial charge on any atom is 0.269 e. The van der Waals surface area contributed by atoms with E-state index in [9.17, 15) is 9.59 Å². The van der Waals surface area contributed by atoms with Gasteiger partial charge in [0.05, 0.1) is 17.5 Å². The van der Waals surface area contributed by atoms with Gasteiger partial charge in [-0.1, -0.05) is 5.16 Å². The average Bonchev–Trinajstić information content (AvgIpc) is 3.42. The van der Waals surface area contributed by atoms with Gasteiger partial charge in [0.1, 0.15) is 5.71 Å². The summed E-state index contributed by atoms with van der Waals surface area (Å²) in [6.07, 6.45) is 3.25. The van der Waals surface area contributed by atoms with Crippen LogP contribution in [-0.4, -0.2) is 60.4 Å². The Morgan fingerprint density at radius 2 is 2.38 bits per heavy atom. The molecule has 0 bridgehead atoms. The van der Waals surface area contributed by atoms with E-state index in [2.05, 4.69) is 10.5 Å². The van der Waals surface area contributed by atoms with Gasteiger partial charge >= 0.3 is 0 Å². The van der Waals surface area contributed by atoms with E-state index < -0.39 is 5.60 Å². The lowest BCUT2D eigenvalue weighted by molar-refractivity contribution is -0.115. The molecular formula is C18H23N3O4S. The topological polar surface area (TPSA) is 80.2 Å². The van der Waals surface area contributed by atoms with Gasteiger partial charge in [-0.15, -0.1) is 11.3 Å². The summed E-state index contributed by atoms with van der Waals surface area (Å²) >= 11 is 1.46. The van der Waals surface area contributed by atoms with Gasteiger partial charge in [0, 0.05) is 32.5 Å². The smallest absolute Gasteiger partial charge is 0.269 e. The molecule has 1 spiro atoms. The van der Waals surface area contributed by atoms with Crippen molar-refractivity contribution in [3.63, 3.8) is 0 Å². The van der Waals surface area contributed by atoms with Crippen molar-refractivity contribution in [2.45, 2.75) is 44.3 Å². The van der Waals surface area contributed by atoms with Gasteiger partial charge in [0.2, 0.25) is 0 Å². The molecule has 3 aliphatic heterocycles. The molecule has 1 aromatic heterocycles. The molecule has 2 fully saturated rings. The predicted octanol–water partition coefficient (Wildman–Crippen LogP) is 1.71. The fourth-order valence-electron chi connectivity index (χ4n) is 3.73. The lowest BCUT2D eigenvalue weighted by atomic mass is 9.96. The number of likely N-dealkylation sites (tertiary alicyclic amines) is 1. The fourth-order valence-corrected chi connectivity index (χ4v) is 4.62. The SMILES string of the molecule is Cc1ccsc1C(=O)N1CC[C@]2(CC(C(=O)NC[C@H]3CCCO3)=NO2)C1. The van der Waals surface area contributed by atoms with Crippen molar-refractivity contribution in [3.8, 4) is 0 Å². The summed E-state index contributed by atoms with van der Waals surface area (Å²) in [5.74, 6) is -0.162. The van der Waals surface area contributed by atoms with Gasteiger partial charge < -0.3 is 19.8 Å². The van der Waals surface area contributed by atoms with Gasteiger partial charge in [-0.05, 0) is 36.8 Å². The van der Waals surface area contributed by atoms with E-state index in [4.69, 9.17) is 9.57 Å². The monoisotopic (exact) mass is 377 g/mol. The molecule has 7 nitrogen and oxygen atoms in total. The standard InChI is InChI=1S/C18H23N3O4S/c1-12-4-8-26-15(12)17(23)21-6-5-18(11-21)9-14(20-25-18)16(22)19-10-13-3-2-7-24-13/h4,8,13H,2-3,5-7,9-11H2,1H3,(H,19,22)/t13-,18+/m1/s1. The third-order valence-electron chi connectivity index (χ3n) is 5.28. The molecular weight excluding hydrogens is 354 g/mol. The number of hydrogen-bond donors (Lipinski definition) is 1. The molecule has 2 atom stereocenters. The zero-order valence-electron chi connectivity index (χ0n) is 14.8. The highest BCUT2D eigenvalue weighted by Gasteiger charge is 2.48. The molecule has 4 rings (SSSR count). The van der Waals surface area contributed by atoms with Gasteiger partial charge in [-0.25, -0.2) is 0 Å². The number of amides is 2. The number of nitrogens with zero attached hydrogens (tertiary/aromatic N) is 2. The van der Waals surface area contributed by atoms with Crippen LogP contribution in [0.4, 0.5) is 0 Å². The molecule has 1 aromatic rings. The zero-order chi connectivity index (χ0) is 18.1. The normalized spacial score (nSPS) is 27.7. The van der Waals surface area contributed by atoms with Crippen LogP contribution in [0.15, 0.2) is 16.6 Å². The van der Waals surface area contributed by atoms with E-state index in [1.165, 1.54) is 11.3 Å². The van der Waals surface area contributed by atoms with Crippen molar-refractivity contribution < 1.29 is 19.2 Å². The average molecular weight is 377 g/mol. The molecule has 8 heteroatoms. The maximum atomic E-state index is 12.7. The maximum absolute atomic E-state index is 12.7. The molecule has 0 aromatic carbocycles. The van der Waals surface area contributed by atoms with E-state index in [0.29, 0.717) is 38.2 Å². The van der Waals surface area contributed by atoms with Crippen LogP contribution < -0.4 is 5.32 Å². The number of nitrogens with one attached hydrogen (secondary N) is 1. The van der Waals surface area contributed by atoms with Crippen molar-refractivity contribution in [2.24, 2.45) is 5.16 Å². The minimum atomic E-state index is -0.558. The Labute approximate surface area is 156 Å². The van der Waals surface area contributed by atoms with E-state index >= 15 is 0 Å². The second-order valence-corrected chi connectivity index (χ2v) is 8.16. The second kappa shape index (κ2) is 7.00. The quantitative estimate of drug-likeness (QED) is 0.866. The highest BCUT2D eigenvalue weighted by molar-refractivity contribution is 7.12. The lowest BCUT2D eigenvalue weighted by Crippen LogP contribution is -2.40. The van der Waals surface area contributed by atoms with Crippen molar-refractivity contribution >= 4 is 28.9 Å². The van der Waals surface area contributed by atoms with Crippen molar-refractivity contribution in [1.29, 1.82) is 0 Å². The molecule has 0 radical (unpaired) electrons. The highest BCUT2D eigenvalue weighted by atomic mass is 32.1. The lowest BCUT2D eigenvalue weighted by Gasteiger charge is -2.21. The highest BCUT2D eigenvalue weighted by Crippen LogP contribution is 2.35. The third-order valence-corrected chi connectivity index (χ3v) is 6.28. The molecule has 2 amide bonds. The summed E-state index contributed by atoms with van der Waals surface area (Å²) in [7, 11) is 0. The van der Waals surface area contributed by atoms with Crippen LogP contribution in [0.1, 0.15) is 40.9 Å². The molecule has 26 heavy (non-hydrogen) atoms. The predicted molar refractivity (Wildman–Crippen MR) is 97.4 cm³/mol. The van der Waals surface area contributed by atoms with Crippen LogP contribution in [0.2, 0.25) is 0 Å². The van der Waals surface area contributed by atoms with E-state index in [1.807, 2.05) is 23.3 Å². The molecule has 2 saturated heterocycles. The number of rotatable bonds is 4. The van der Waals surface area contributed by atoms with Gasteiger partial charge in [-0.3, -0.25) is 9.59 Å². The van der Waals surface area contributed by atoms with Crippen LogP contribution in [0.3, 0.4) is 0 Å². The van der Waals surface area contributed by atoms with Crippen LogP contribution in [0.25, 0.3) is 0 Å². The van der Waals surface area contributed by atoms with Gasteiger partial charge in [0.25, 0.3) is 11.8 Å². The Morgan fingerprint density at radius 1 is 1.50 bits per heavy atom. The first-order valence-corrected chi connectivity index (χ1v) is 9.92. The first-order chi connectivity index (χ1) is 12.6. The number of aryl methyl sites for hydroxylation is 1. The minimum Gasteiger partial charge on any atom is -0.386 e. The number of hydrogen-bond acceptors (Lipinski definition) is 6. The molecule has 140 valence electrons. The van der Waals surface area contributed by atoms with Crippen LogP contribution >= 0.6 is 11.3 Å². The number of thiophene rings is 1. The van der Waals surface area contributed by atoms with Crippen LogP contribution in [0.5, 0.6) is 0 Å². The Morgan fingerprint density at radius 3 is 3.12 bits per heavy atom. The van der Waals surface area contributed by atoms with E-state index in [1.54, 1.807) is 0 Å². The fraction of sp³-hybridized carbons (Fsp3) is 0.611. The number of carbonyl (C=O) groups excluding carboxylic acids is 2. The zero-order valence-corrected chi connectivity index (χ0v) is 15.6. The first-order valence-electron chi connectivity index (χ1n) is 9.05. The summed E-state index contributed by atoms with van der Waals surface area (Å²) in [4.78, 5) is 33.2. The van der Waals surface area contributed by atoms with E-state index in [0.717, 1.165) is 29.9 Å². The number of oxime groups is 1. The Hall–Kier alpha value is -1.93. The van der Waals surface area contributed by atoms with Crippen molar-refractivity contribution in [3.05, 3.63) is 21.9 Å². The Bertz CT molecular complexity index is 741. The van der Waals surface area contributed by atoms with Crippen LogP contribution in [0, 0.1) is 6.92 Å². The van der Waals surface area contributed by atoms with Crippen LogP contribution in [-0.2, 0) is 14.4 Å².